The van der Waals surface area contributed by atoms with Crippen LogP contribution in [0, 0.1) is 45.9 Å². The molecule has 0 amide bonds. The zero-order chi connectivity index (χ0) is 87.6. The van der Waals surface area contributed by atoms with Gasteiger partial charge in [-0.3, -0.25) is 4.57 Å². The van der Waals surface area contributed by atoms with E-state index in [0.717, 1.165) is 33.5 Å². The predicted octanol–water partition coefficient (Wildman–Crippen LogP) is 17.8. The van der Waals surface area contributed by atoms with Gasteiger partial charge in [0.15, 0.2) is 0 Å². The van der Waals surface area contributed by atoms with Gasteiger partial charge >= 0.3 is 0 Å². The van der Waals surface area contributed by atoms with Crippen LogP contribution in [0.4, 0.5) is 0 Å². The first-order valence-electron chi connectivity index (χ1n) is 43.9. The SMILES string of the molecule is [2H]c1c([2H])c([2H])c(-c2cnc(-n3c4[c-]c(Oc5[c-]c(-n6[c-][n+](-c7c(-c8c([2H])c([2H])c([2H])c([2H])c8[2H])cc(C([2H])([2H])[2H])cc7-c7c([2H])c([2H])c8c(c7[2H])C(C([2H])([2H])[2H])(C([2H])([2H])[2H])C([2H])([2H])C([2H])([2H])C8(C([2H])([2H])[2H])C([2H])([2H])[2H])c7ccc(-c8c(C([2H])([2H])[2H])cccc8C([2H])([2H])[2H])cc76)ccc5)ccc4c4ccccc43)cc2C([2H])([2H])[2H])c([2H])c1[2H].[Pt]. The zero-order valence-corrected chi connectivity index (χ0v) is 42.3. The van der Waals surface area contributed by atoms with E-state index in [0.29, 0.717) is 22.4 Å². The molecule has 0 fully saturated rings. The van der Waals surface area contributed by atoms with Crippen LogP contribution in [0.25, 0.3) is 94.5 Å². The number of hydrogen-bond acceptors (Lipinski definition) is 2. The normalized spacial score (nSPS) is 23.9. The van der Waals surface area contributed by atoms with Gasteiger partial charge in [-0.05, 0) is 147 Å². The zero-order valence-electron chi connectivity index (χ0n) is 81.0. The molecule has 1 aliphatic rings. The van der Waals surface area contributed by atoms with E-state index in [1.54, 1.807) is 30.3 Å². The van der Waals surface area contributed by atoms with Crippen LogP contribution in [0.3, 0.4) is 0 Å². The molecule has 5 nitrogen and oxygen atoms in total. The fourth-order valence-corrected chi connectivity index (χ4v) is 9.60. The molecule has 0 bridgehead atoms. The summed E-state index contributed by atoms with van der Waals surface area (Å²) >= 11 is 0. The number of fused-ring (bicyclic) bond motifs is 5. The van der Waals surface area contributed by atoms with Gasteiger partial charge in [0.25, 0.3) is 6.33 Å². The van der Waals surface area contributed by atoms with Crippen molar-refractivity contribution < 1.29 is 86.6 Å². The molecule has 0 aliphatic heterocycles. The summed E-state index contributed by atoms with van der Waals surface area (Å²) in [7, 11) is 0. The van der Waals surface area contributed by atoms with Crippen LogP contribution >= 0.6 is 0 Å². The third-order valence-corrected chi connectivity index (χ3v) is 13.0. The third kappa shape index (κ3) is 8.79. The summed E-state index contributed by atoms with van der Waals surface area (Å²) in [4.78, 5) is 4.61. The fourth-order valence-electron chi connectivity index (χ4n) is 9.60. The first-order valence-corrected chi connectivity index (χ1v) is 23.4. The minimum Gasteiger partial charge on any atom is -0.510 e. The number of aryl methyl sites for hydroxylation is 4. The first kappa shape index (κ1) is 22.3. The number of rotatable bonds is 9. The van der Waals surface area contributed by atoms with Crippen molar-refractivity contribution >= 4 is 32.8 Å². The van der Waals surface area contributed by atoms with Crippen LogP contribution in [0.1, 0.15) is 130 Å². The summed E-state index contributed by atoms with van der Waals surface area (Å²) in [6, 6.07) is 15.5. The average molecular weight is 1230 g/mol. The molecule has 3 aromatic heterocycles. The van der Waals surface area contributed by atoms with Crippen molar-refractivity contribution in [3.63, 3.8) is 0 Å². The Morgan fingerprint density at radius 3 is 2.05 bits per heavy atom. The summed E-state index contributed by atoms with van der Waals surface area (Å²) < 4.78 is 379. The van der Waals surface area contributed by atoms with E-state index in [1.807, 2.05) is 0 Å². The molecule has 0 atom stereocenters. The van der Waals surface area contributed by atoms with Gasteiger partial charge in [0, 0.05) is 88.2 Å². The fraction of sp³-hybridized carbons (Fsp3) is 0.167. The number of nitrogens with zero attached hydrogens (tertiary/aromatic N) is 4. The quantitative estimate of drug-likeness (QED) is 0.107. The Bertz CT molecular complexity index is 6110. The van der Waals surface area contributed by atoms with Crippen LogP contribution in [0.5, 0.6) is 11.5 Å². The van der Waals surface area contributed by atoms with E-state index in [9.17, 15) is 12.3 Å². The summed E-state index contributed by atoms with van der Waals surface area (Å²) in [5.41, 5.74) is -22.3. The summed E-state index contributed by atoms with van der Waals surface area (Å²) in [5, 5.41) is 1.06. The second-order valence-electron chi connectivity index (χ2n) is 17.9. The molecule has 386 valence electrons. The summed E-state index contributed by atoms with van der Waals surface area (Å²) in [5.74, 6) is -0.375. The van der Waals surface area contributed by atoms with Crippen LogP contribution < -0.4 is 9.30 Å². The van der Waals surface area contributed by atoms with E-state index < -0.39 is 224 Å². The van der Waals surface area contributed by atoms with Crippen molar-refractivity contribution in [3.05, 3.63) is 246 Å². The Labute approximate surface area is 530 Å². The topological polar surface area (TPSA) is 35.9 Å². The van der Waals surface area contributed by atoms with E-state index in [1.165, 1.54) is 59.2 Å². The summed E-state index contributed by atoms with van der Waals surface area (Å²) in [6.45, 7) is -30.9. The van der Waals surface area contributed by atoms with E-state index in [2.05, 4.69) is 23.4 Å². The monoisotopic (exact) mass is 1230 g/mol. The molecule has 0 N–H and O–H groups in total. The number of pyridine rings is 1. The molecule has 0 saturated carbocycles. The Hall–Kier alpha value is -8.11. The van der Waals surface area contributed by atoms with Crippen LogP contribution in [-0.2, 0) is 31.9 Å². The molecule has 0 radical (unpaired) electrons. The van der Waals surface area contributed by atoms with Crippen molar-refractivity contribution in [2.24, 2.45) is 0 Å². The molecule has 3 heterocycles. The van der Waals surface area contributed by atoms with Crippen molar-refractivity contribution in [2.75, 3.05) is 0 Å². The second kappa shape index (κ2) is 19.7. The van der Waals surface area contributed by atoms with Crippen LogP contribution in [0.15, 0.2) is 194 Å². The van der Waals surface area contributed by atoms with Gasteiger partial charge in [-0.25, -0.2) is 4.98 Å². The number of imidazole rings is 1. The molecule has 1 aliphatic carbocycles. The maximum atomic E-state index is 10.4. The molecule has 78 heavy (non-hydrogen) atoms. The number of hydrogen-bond donors (Lipinski definition) is 0. The molecular formula is C72H60N4OPt-2. The van der Waals surface area contributed by atoms with Gasteiger partial charge < -0.3 is 13.9 Å². The van der Waals surface area contributed by atoms with Gasteiger partial charge in [0.2, 0.25) is 0 Å². The van der Waals surface area contributed by atoms with Gasteiger partial charge in [0.1, 0.15) is 5.82 Å². The minimum absolute atomic E-state index is 0. The van der Waals surface area contributed by atoms with Crippen molar-refractivity contribution in [2.45, 2.75) is 78.4 Å². The maximum Gasteiger partial charge on any atom is 0.268 e. The van der Waals surface area contributed by atoms with Crippen molar-refractivity contribution in [1.82, 2.24) is 14.1 Å². The summed E-state index contributed by atoms with van der Waals surface area (Å²) in [6.07, 6.45) is -5.58. The van der Waals surface area contributed by atoms with E-state index >= 15 is 0 Å². The largest absolute Gasteiger partial charge is 0.510 e. The van der Waals surface area contributed by atoms with Crippen molar-refractivity contribution in [3.8, 4) is 73.2 Å². The minimum atomic E-state index is -4.87. The number of aromatic nitrogens is 4. The molecule has 9 aromatic carbocycles. The average Bonchev–Trinajstić information content (AvgIpc) is 0.977. The second-order valence-corrected chi connectivity index (χ2v) is 17.9. The molecule has 13 rings (SSSR count). The Balaban J connectivity index is 0.0000130. The van der Waals surface area contributed by atoms with Gasteiger partial charge in [0.05, 0.1) is 34.5 Å². The number of benzene rings is 9. The molecule has 6 heteroatoms. The molecule has 0 spiro atoms. The Morgan fingerprint density at radius 2 is 1.31 bits per heavy atom. The Kier molecular flexibility index (Phi) is 5.64. The first-order chi connectivity index (χ1) is 54.1. The number of ether oxygens (including phenoxy) is 1. The predicted molar refractivity (Wildman–Crippen MR) is 316 cm³/mol. The van der Waals surface area contributed by atoms with Crippen LogP contribution in [-0.4, -0.2) is 14.1 Å². The van der Waals surface area contributed by atoms with Gasteiger partial charge in [-0.1, -0.05) is 178 Å². The third-order valence-electron chi connectivity index (χ3n) is 13.0. The smallest absolute Gasteiger partial charge is 0.268 e. The molecular weight excluding hydrogens is 1130 g/mol. The van der Waals surface area contributed by atoms with Crippen LogP contribution in [0.2, 0.25) is 0 Å². The molecule has 0 saturated heterocycles. The van der Waals surface area contributed by atoms with Gasteiger partial charge in [-0.15, -0.1) is 29.7 Å². The van der Waals surface area contributed by atoms with Crippen molar-refractivity contribution in [1.29, 1.82) is 0 Å². The Morgan fingerprint density at radius 1 is 0.603 bits per heavy atom. The van der Waals surface area contributed by atoms with E-state index in [4.69, 9.17) is 48.6 Å². The number of para-hydroxylation sites is 1. The molecule has 0 unspecified atom stereocenters. The van der Waals surface area contributed by atoms with Gasteiger partial charge in [-0.2, -0.15) is 18.2 Å². The maximum absolute atomic E-state index is 10.4. The standard InChI is InChI=1S/C72H60N4O.Pt/c1-46-37-59(50-21-11-9-12-22-50)70(60(38-46)52-29-33-62-63(40-52)72(7,8)36-35-71(62,5)6)75-45-74(67-41-53(30-34-65(67)75)69-47(2)19-17-20-48(69)3)54-25-18-26-55(42-54)77-56-31-32-58-57-27-15-16-28-64(57)76(66(58)43-56)68-39-49(4)61(44-73-68)51-23-13-10-14-24-51;/h9-34,37-41,44H,35-36H2,1-8H3;/q-2;/i1D3,2D3,3D3,4D3,5D3,6D3,7D3,8D3,9D,10D,11D,12D,13D,14D,21D,22D,23D,24D,29D,33D,35D2,36D2,40D;. The molecule has 12 aromatic rings. The van der Waals surface area contributed by atoms with E-state index in [-0.39, 0.29) is 77.3 Å².